The quantitative estimate of drug-likeness (QED) is 0.126. The minimum absolute atomic E-state index is 0.138. The van der Waals surface area contributed by atoms with Gasteiger partial charge in [-0.25, -0.2) is 0 Å². The standard InChI is InChI=1S/C28H38O6/c1-5-32-21-34-26-19-24(18-25(20-26)28(31-4)33-6-2)16-15-23-13-10-12-22(17-23)11-8-7-9-14-27(29)30-3/h10,12-13,15-20,28H,5-9,11,14,21H2,1-4H3. The number of hydrogen-bond acceptors (Lipinski definition) is 6. The molecule has 2 aromatic carbocycles. The largest absolute Gasteiger partial charge is 0.469 e. The fourth-order valence-corrected chi connectivity index (χ4v) is 3.53. The lowest BCUT2D eigenvalue weighted by molar-refractivity contribution is -0.140. The Morgan fingerprint density at radius 3 is 2.50 bits per heavy atom. The van der Waals surface area contributed by atoms with Gasteiger partial charge in [-0.15, -0.1) is 0 Å². The molecule has 0 aromatic heterocycles. The summed E-state index contributed by atoms with van der Waals surface area (Å²) in [5, 5.41) is 0. The third kappa shape index (κ3) is 10.1. The van der Waals surface area contributed by atoms with Gasteiger partial charge >= 0.3 is 5.97 Å². The van der Waals surface area contributed by atoms with E-state index in [4.69, 9.17) is 23.7 Å². The van der Waals surface area contributed by atoms with Gasteiger partial charge < -0.3 is 23.7 Å². The number of rotatable bonds is 16. The molecule has 0 heterocycles. The Kier molecular flexibility index (Phi) is 13.0. The number of carbonyl (C=O) groups excluding carboxylic acids is 1. The van der Waals surface area contributed by atoms with Crippen LogP contribution in [0.25, 0.3) is 12.2 Å². The highest BCUT2D eigenvalue weighted by Crippen LogP contribution is 2.26. The van der Waals surface area contributed by atoms with Crippen molar-refractivity contribution in [2.75, 3.05) is 34.2 Å². The Hall–Kier alpha value is -2.67. The smallest absolute Gasteiger partial charge is 0.305 e. The Labute approximate surface area is 203 Å². The van der Waals surface area contributed by atoms with Crippen LogP contribution in [0.1, 0.15) is 68.1 Å². The van der Waals surface area contributed by atoms with Crippen LogP contribution in [0.3, 0.4) is 0 Å². The van der Waals surface area contributed by atoms with Gasteiger partial charge in [0.25, 0.3) is 0 Å². The molecule has 1 unspecified atom stereocenters. The zero-order valence-electron chi connectivity index (χ0n) is 20.9. The highest BCUT2D eigenvalue weighted by Gasteiger charge is 2.12. The minimum atomic E-state index is -0.463. The van der Waals surface area contributed by atoms with Crippen LogP contribution in [0.4, 0.5) is 0 Å². The lowest BCUT2D eigenvalue weighted by Gasteiger charge is -2.17. The zero-order chi connectivity index (χ0) is 24.6. The van der Waals surface area contributed by atoms with Gasteiger partial charge in [-0.3, -0.25) is 4.79 Å². The molecule has 1 atom stereocenters. The molecule has 6 nitrogen and oxygen atoms in total. The maximum Gasteiger partial charge on any atom is 0.305 e. The molecule has 0 amide bonds. The number of methoxy groups -OCH3 is 2. The third-order valence-corrected chi connectivity index (χ3v) is 5.26. The third-order valence-electron chi connectivity index (χ3n) is 5.26. The minimum Gasteiger partial charge on any atom is -0.469 e. The number of ether oxygens (including phenoxy) is 5. The van der Waals surface area contributed by atoms with E-state index in [0.29, 0.717) is 25.4 Å². The molecule has 2 rings (SSSR count). The van der Waals surface area contributed by atoms with Crippen LogP contribution >= 0.6 is 0 Å². The number of esters is 1. The van der Waals surface area contributed by atoms with Crippen molar-refractivity contribution in [3.8, 4) is 5.75 Å². The van der Waals surface area contributed by atoms with E-state index in [1.807, 2.05) is 32.0 Å². The van der Waals surface area contributed by atoms with E-state index in [1.165, 1.54) is 12.7 Å². The Bertz CT molecular complexity index is 892. The van der Waals surface area contributed by atoms with E-state index >= 15 is 0 Å². The first-order chi connectivity index (χ1) is 16.6. The van der Waals surface area contributed by atoms with Crippen LogP contribution in [0.2, 0.25) is 0 Å². The highest BCUT2D eigenvalue weighted by atomic mass is 16.7. The molecule has 34 heavy (non-hydrogen) atoms. The second-order valence-corrected chi connectivity index (χ2v) is 7.83. The number of benzene rings is 2. The summed E-state index contributed by atoms with van der Waals surface area (Å²) < 4.78 is 27.0. The summed E-state index contributed by atoms with van der Waals surface area (Å²) in [4.78, 5) is 11.2. The second-order valence-electron chi connectivity index (χ2n) is 7.83. The van der Waals surface area contributed by atoms with Gasteiger partial charge in [0.2, 0.25) is 0 Å². The topological polar surface area (TPSA) is 63.2 Å². The van der Waals surface area contributed by atoms with Gasteiger partial charge in [-0.2, -0.15) is 0 Å². The molecular weight excluding hydrogens is 432 g/mol. The zero-order valence-corrected chi connectivity index (χ0v) is 20.9. The lowest BCUT2D eigenvalue weighted by atomic mass is 10.0. The van der Waals surface area contributed by atoms with Crippen LogP contribution in [0.5, 0.6) is 5.75 Å². The number of hydrogen-bond donors (Lipinski definition) is 0. The molecule has 0 N–H and O–H groups in total. The Morgan fingerprint density at radius 1 is 0.941 bits per heavy atom. The van der Waals surface area contributed by atoms with Gasteiger partial charge in [0.15, 0.2) is 13.1 Å². The molecule has 0 spiro atoms. The normalized spacial score (nSPS) is 12.1. The molecule has 0 aliphatic carbocycles. The van der Waals surface area contributed by atoms with Crippen molar-refractivity contribution in [2.24, 2.45) is 0 Å². The van der Waals surface area contributed by atoms with E-state index in [2.05, 4.69) is 36.4 Å². The van der Waals surface area contributed by atoms with Crippen molar-refractivity contribution < 1.29 is 28.5 Å². The molecule has 2 aromatic rings. The molecule has 0 radical (unpaired) electrons. The van der Waals surface area contributed by atoms with Crippen molar-refractivity contribution in [2.45, 2.75) is 52.2 Å². The summed E-state index contributed by atoms with van der Waals surface area (Å²) in [6, 6.07) is 14.4. The SMILES string of the molecule is CCOCOc1cc(C=Cc2cccc(CCCCCC(=O)OC)c2)cc(C(OC)OCC)c1. The van der Waals surface area contributed by atoms with Crippen molar-refractivity contribution in [1.82, 2.24) is 0 Å². The van der Waals surface area contributed by atoms with Gasteiger partial charge in [0.05, 0.1) is 7.11 Å². The molecule has 0 fully saturated rings. The number of carbonyl (C=O) groups is 1. The summed E-state index contributed by atoms with van der Waals surface area (Å²) in [5.41, 5.74) is 4.28. The second kappa shape index (κ2) is 16.0. The summed E-state index contributed by atoms with van der Waals surface area (Å²) in [6.45, 7) is 5.20. The van der Waals surface area contributed by atoms with Crippen LogP contribution < -0.4 is 4.74 Å². The molecule has 0 saturated carbocycles. The van der Waals surface area contributed by atoms with E-state index < -0.39 is 6.29 Å². The fourth-order valence-electron chi connectivity index (χ4n) is 3.53. The maximum absolute atomic E-state index is 11.2. The predicted octanol–water partition coefficient (Wildman–Crippen LogP) is 6.19. The predicted molar refractivity (Wildman–Crippen MR) is 134 cm³/mol. The average Bonchev–Trinajstić information content (AvgIpc) is 2.86. The molecule has 0 aliphatic rings. The molecule has 0 bridgehead atoms. The first-order valence-electron chi connectivity index (χ1n) is 11.9. The fraction of sp³-hybridized carbons (Fsp3) is 0.464. The first-order valence-corrected chi connectivity index (χ1v) is 11.9. The van der Waals surface area contributed by atoms with Crippen molar-refractivity contribution >= 4 is 18.1 Å². The molecule has 6 heteroatoms. The molecular formula is C28H38O6. The van der Waals surface area contributed by atoms with Gasteiger partial charge in [-0.05, 0) is 68.0 Å². The van der Waals surface area contributed by atoms with Crippen molar-refractivity contribution in [1.29, 1.82) is 0 Å². The summed E-state index contributed by atoms with van der Waals surface area (Å²) in [7, 11) is 3.06. The molecule has 0 aliphatic heterocycles. The van der Waals surface area contributed by atoms with Gasteiger partial charge in [0.1, 0.15) is 5.75 Å². The van der Waals surface area contributed by atoms with Crippen molar-refractivity contribution in [3.63, 3.8) is 0 Å². The maximum atomic E-state index is 11.2. The van der Waals surface area contributed by atoms with E-state index in [-0.39, 0.29) is 12.8 Å². The lowest BCUT2D eigenvalue weighted by Crippen LogP contribution is -2.08. The summed E-state index contributed by atoms with van der Waals surface area (Å²) in [6.07, 6.45) is 8.07. The Morgan fingerprint density at radius 2 is 1.76 bits per heavy atom. The van der Waals surface area contributed by atoms with E-state index in [0.717, 1.165) is 42.4 Å². The van der Waals surface area contributed by atoms with Crippen molar-refractivity contribution in [3.05, 3.63) is 64.7 Å². The Balaban J connectivity index is 2.08. The monoisotopic (exact) mass is 470 g/mol. The van der Waals surface area contributed by atoms with Crippen LogP contribution in [0, 0.1) is 0 Å². The molecule has 186 valence electrons. The number of aryl methyl sites for hydroxylation is 1. The van der Waals surface area contributed by atoms with Crippen LogP contribution in [0.15, 0.2) is 42.5 Å². The van der Waals surface area contributed by atoms with E-state index in [9.17, 15) is 4.79 Å². The van der Waals surface area contributed by atoms with Gasteiger partial charge in [0, 0.05) is 32.3 Å². The number of unbranched alkanes of at least 4 members (excludes halogenated alkanes) is 2. The van der Waals surface area contributed by atoms with Crippen LogP contribution in [-0.4, -0.2) is 40.2 Å². The van der Waals surface area contributed by atoms with E-state index in [1.54, 1.807) is 7.11 Å². The summed E-state index contributed by atoms with van der Waals surface area (Å²) in [5.74, 6) is 0.564. The highest BCUT2D eigenvalue weighted by molar-refractivity contribution is 5.71. The molecule has 0 saturated heterocycles. The first kappa shape index (κ1) is 27.6. The summed E-state index contributed by atoms with van der Waals surface area (Å²) >= 11 is 0. The van der Waals surface area contributed by atoms with Gasteiger partial charge in [-0.1, -0.05) is 42.8 Å². The van der Waals surface area contributed by atoms with Crippen LogP contribution in [-0.2, 0) is 30.2 Å². The average molecular weight is 471 g/mol.